The number of nitrogens with zero attached hydrogens (tertiary/aromatic N) is 3. The van der Waals surface area contributed by atoms with Crippen LogP contribution in [0.5, 0.6) is 0 Å². The van der Waals surface area contributed by atoms with Gasteiger partial charge in [-0.1, -0.05) is 54.6 Å². The number of piperidine rings is 1. The number of likely N-dealkylation sites (tertiary alicyclic amines) is 1. The average molecular weight is 498 g/mol. The Morgan fingerprint density at radius 1 is 0.811 bits per heavy atom. The lowest BCUT2D eigenvalue weighted by Gasteiger charge is -2.43. The van der Waals surface area contributed by atoms with Crippen LogP contribution >= 0.6 is 0 Å². The molecule has 2 aliphatic heterocycles. The van der Waals surface area contributed by atoms with Crippen LogP contribution in [0.2, 0.25) is 0 Å². The molecule has 5 rings (SSSR count). The van der Waals surface area contributed by atoms with Crippen molar-refractivity contribution in [1.82, 2.24) is 4.90 Å². The molecule has 0 saturated carbocycles. The molecule has 0 radical (unpaired) electrons. The zero-order valence-corrected chi connectivity index (χ0v) is 20.8. The summed E-state index contributed by atoms with van der Waals surface area (Å²) in [6.07, 6.45) is 2.63. The van der Waals surface area contributed by atoms with Crippen molar-refractivity contribution in [2.24, 2.45) is 0 Å². The molecule has 1 spiro atoms. The van der Waals surface area contributed by atoms with Crippen molar-refractivity contribution in [3.63, 3.8) is 0 Å². The molecular weight excluding hydrogens is 466 g/mol. The summed E-state index contributed by atoms with van der Waals surface area (Å²) < 4.78 is 0. The topological polar surface area (TPSA) is 81.2 Å². The largest absolute Gasteiger partial charge is 0.478 e. The number of amides is 1. The summed E-state index contributed by atoms with van der Waals surface area (Å²) in [7, 11) is 0. The third-order valence-corrected chi connectivity index (χ3v) is 7.57. The number of hydrogen-bond acceptors (Lipinski definition) is 5. The van der Waals surface area contributed by atoms with Crippen LogP contribution in [0, 0.1) is 0 Å². The van der Waals surface area contributed by atoms with Gasteiger partial charge in [-0.25, -0.2) is 4.79 Å². The molecule has 1 N–H and O–H groups in total. The number of carboxylic acids is 1. The molecule has 0 atom stereocenters. The lowest BCUT2D eigenvalue weighted by molar-refractivity contribution is -0.123. The first-order chi connectivity index (χ1) is 18.0. The maximum absolute atomic E-state index is 14.0. The summed E-state index contributed by atoms with van der Waals surface area (Å²) in [5.41, 5.74) is 1.82. The standard InChI is InChI=1S/C30H31N3O4/c34-27(23-9-3-1-4-10-23)15-8-18-31-19-16-30(17-20-31)29(37)32(22-33(30)25-12-5-2-6-13-25)26-14-7-11-24(21-26)28(35)36/h1-7,9-14,21H,8,15-20,22H2,(H,35,36). The Balaban J connectivity index is 1.30. The van der Waals surface area contributed by atoms with Gasteiger partial charge in [0.2, 0.25) is 0 Å². The number of benzene rings is 3. The Morgan fingerprint density at radius 2 is 1.43 bits per heavy atom. The van der Waals surface area contributed by atoms with Crippen LogP contribution < -0.4 is 9.80 Å². The molecule has 0 aromatic heterocycles. The van der Waals surface area contributed by atoms with Gasteiger partial charge in [-0.2, -0.15) is 0 Å². The molecule has 1 amide bonds. The van der Waals surface area contributed by atoms with E-state index in [4.69, 9.17) is 0 Å². The van der Waals surface area contributed by atoms with Gasteiger partial charge < -0.3 is 14.9 Å². The van der Waals surface area contributed by atoms with E-state index in [2.05, 4.69) is 9.80 Å². The predicted molar refractivity (Wildman–Crippen MR) is 143 cm³/mol. The second-order valence-corrected chi connectivity index (χ2v) is 9.76. The number of anilines is 2. The molecular formula is C30H31N3O4. The lowest BCUT2D eigenvalue weighted by Crippen LogP contribution is -2.56. The number of Topliss-reactive ketones (excluding diaryl/α,β-unsaturated/α-hetero) is 1. The number of carbonyl (C=O) groups is 3. The van der Waals surface area contributed by atoms with Crippen LogP contribution in [0.15, 0.2) is 84.9 Å². The molecule has 0 aliphatic carbocycles. The molecule has 2 heterocycles. The van der Waals surface area contributed by atoms with Gasteiger partial charge >= 0.3 is 5.97 Å². The Morgan fingerprint density at radius 3 is 2.11 bits per heavy atom. The van der Waals surface area contributed by atoms with Crippen molar-refractivity contribution >= 4 is 29.0 Å². The Bertz CT molecular complexity index is 1270. The molecule has 0 bridgehead atoms. The summed E-state index contributed by atoms with van der Waals surface area (Å²) in [5, 5.41) is 9.45. The van der Waals surface area contributed by atoms with E-state index in [0.717, 1.165) is 37.3 Å². The monoisotopic (exact) mass is 497 g/mol. The highest BCUT2D eigenvalue weighted by Crippen LogP contribution is 2.41. The summed E-state index contributed by atoms with van der Waals surface area (Å²) in [6.45, 7) is 2.71. The fraction of sp³-hybridized carbons (Fsp3) is 0.300. The van der Waals surface area contributed by atoms with E-state index in [1.165, 1.54) is 6.07 Å². The van der Waals surface area contributed by atoms with Crippen LogP contribution in [-0.4, -0.2) is 59.5 Å². The predicted octanol–water partition coefficient (Wildman–Crippen LogP) is 4.69. The number of para-hydroxylation sites is 1. The van der Waals surface area contributed by atoms with Crippen molar-refractivity contribution < 1.29 is 19.5 Å². The fourth-order valence-electron chi connectivity index (χ4n) is 5.51. The summed E-state index contributed by atoms with van der Waals surface area (Å²) in [5.74, 6) is -0.838. The molecule has 190 valence electrons. The maximum atomic E-state index is 14.0. The first-order valence-corrected chi connectivity index (χ1v) is 12.8. The minimum absolute atomic E-state index is 0.0118. The van der Waals surface area contributed by atoms with Crippen LogP contribution in [-0.2, 0) is 4.79 Å². The SMILES string of the molecule is O=C(O)c1cccc(N2CN(c3ccccc3)C3(CCN(CCCC(=O)c4ccccc4)CC3)C2=O)c1. The van der Waals surface area contributed by atoms with Gasteiger partial charge in [0.15, 0.2) is 5.78 Å². The Labute approximate surface area is 216 Å². The van der Waals surface area contributed by atoms with Gasteiger partial charge in [-0.15, -0.1) is 0 Å². The van der Waals surface area contributed by atoms with E-state index in [9.17, 15) is 19.5 Å². The van der Waals surface area contributed by atoms with Gasteiger partial charge in [0.05, 0.1) is 12.2 Å². The maximum Gasteiger partial charge on any atom is 0.335 e. The van der Waals surface area contributed by atoms with E-state index in [-0.39, 0.29) is 17.3 Å². The molecule has 3 aromatic carbocycles. The second kappa shape index (κ2) is 10.6. The van der Waals surface area contributed by atoms with Crippen LogP contribution in [0.1, 0.15) is 46.4 Å². The first-order valence-electron chi connectivity index (χ1n) is 12.8. The second-order valence-electron chi connectivity index (χ2n) is 9.76. The normalized spacial score (nSPS) is 17.4. The van der Waals surface area contributed by atoms with E-state index in [1.807, 2.05) is 60.7 Å². The Hall–Kier alpha value is -3.97. The van der Waals surface area contributed by atoms with Gasteiger partial charge in [0.1, 0.15) is 5.54 Å². The highest BCUT2D eigenvalue weighted by atomic mass is 16.4. The molecule has 3 aromatic rings. The van der Waals surface area contributed by atoms with Gasteiger partial charge in [0, 0.05) is 36.4 Å². The minimum atomic E-state index is -1.01. The number of carboxylic acid groups (broad SMARTS) is 1. The lowest BCUT2D eigenvalue weighted by atomic mass is 9.85. The summed E-state index contributed by atoms with van der Waals surface area (Å²) in [4.78, 5) is 44.2. The zero-order valence-electron chi connectivity index (χ0n) is 20.8. The first kappa shape index (κ1) is 24.7. The van der Waals surface area contributed by atoms with E-state index in [0.29, 0.717) is 31.6 Å². The number of ketones is 1. The van der Waals surface area contributed by atoms with Crippen molar-refractivity contribution in [2.45, 2.75) is 31.2 Å². The van der Waals surface area contributed by atoms with Gasteiger partial charge in [-0.05, 0) is 56.1 Å². The quantitative estimate of drug-likeness (QED) is 0.455. The smallest absolute Gasteiger partial charge is 0.335 e. The third-order valence-electron chi connectivity index (χ3n) is 7.57. The molecule has 0 unspecified atom stereocenters. The van der Waals surface area contributed by atoms with E-state index >= 15 is 0 Å². The minimum Gasteiger partial charge on any atom is -0.478 e. The molecule has 2 fully saturated rings. The molecule has 2 aliphatic rings. The highest BCUT2D eigenvalue weighted by Gasteiger charge is 2.54. The summed E-state index contributed by atoms with van der Waals surface area (Å²) in [6, 6.07) is 25.9. The molecule has 7 nitrogen and oxygen atoms in total. The number of rotatable bonds is 8. The van der Waals surface area contributed by atoms with E-state index < -0.39 is 11.5 Å². The van der Waals surface area contributed by atoms with Crippen LogP contribution in [0.4, 0.5) is 11.4 Å². The van der Waals surface area contributed by atoms with Crippen molar-refractivity contribution in [3.05, 3.63) is 96.1 Å². The molecule has 7 heteroatoms. The van der Waals surface area contributed by atoms with Gasteiger partial charge in [-0.3, -0.25) is 14.5 Å². The summed E-state index contributed by atoms with van der Waals surface area (Å²) >= 11 is 0. The molecule has 2 saturated heterocycles. The number of carbonyl (C=O) groups excluding carboxylic acids is 2. The number of hydrogen-bond donors (Lipinski definition) is 1. The molecule has 37 heavy (non-hydrogen) atoms. The average Bonchev–Trinajstić information content (AvgIpc) is 3.22. The van der Waals surface area contributed by atoms with Gasteiger partial charge in [0.25, 0.3) is 5.91 Å². The highest BCUT2D eigenvalue weighted by molar-refractivity contribution is 6.06. The van der Waals surface area contributed by atoms with Crippen molar-refractivity contribution in [3.8, 4) is 0 Å². The zero-order chi connectivity index (χ0) is 25.8. The fourth-order valence-corrected chi connectivity index (χ4v) is 5.51. The van der Waals surface area contributed by atoms with Crippen molar-refractivity contribution in [1.29, 1.82) is 0 Å². The van der Waals surface area contributed by atoms with E-state index in [1.54, 1.807) is 23.1 Å². The van der Waals surface area contributed by atoms with Crippen LogP contribution in [0.3, 0.4) is 0 Å². The Kier molecular flexibility index (Phi) is 7.06. The van der Waals surface area contributed by atoms with Crippen LogP contribution in [0.25, 0.3) is 0 Å². The number of aromatic carboxylic acids is 1. The van der Waals surface area contributed by atoms with Crippen molar-refractivity contribution in [2.75, 3.05) is 36.1 Å². The third kappa shape index (κ3) is 5.00.